The van der Waals surface area contributed by atoms with Gasteiger partial charge in [0.15, 0.2) is 0 Å². The van der Waals surface area contributed by atoms with Gasteiger partial charge in [-0.1, -0.05) is 41.9 Å². The summed E-state index contributed by atoms with van der Waals surface area (Å²) in [6, 6.07) is 19.7. The molecule has 88 valence electrons. The summed E-state index contributed by atoms with van der Waals surface area (Å²) in [6.45, 7) is 0. The molecule has 0 bridgehead atoms. The van der Waals surface area contributed by atoms with E-state index < -0.39 is 0 Å². The SMILES string of the molecule is Clc1cccc(-c2ccn(-c3ccccc3)n2)c1. The third-order valence-electron chi connectivity index (χ3n) is 2.73. The van der Waals surface area contributed by atoms with Gasteiger partial charge in [-0.15, -0.1) is 0 Å². The van der Waals surface area contributed by atoms with Crippen molar-refractivity contribution < 1.29 is 0 Å². The van der Waals surface area contributed by atoms with E-state index >= 15 is 0 Å². The Morgan fingerprint density at radius 2 is 1.72 bits per heavy atom. The molecule has 0 aliphatic carbocycles. The molecule has 0 aliphatic heterocycles. The summed E-state index contributed by atoms with van der Waals surface area (Å²) >= 11 is 5.98. The number of rotatable bonds is 2. The number of halogens is 1. The van der Waals surface area contributed by atoms with E-state index in [-0.39, 0.29) is 0 Å². The minimum Gasteiger partial charge on any atom is -0.240 e. The van der Waals surface area contributed by atoms with Crippen molar-refractivity contribution >= 4 is 11.6 Å². The molecule has 0 saturated carbocycles. The van der Waals surface area contributed by atoms with Crippen LogP contribution in [0.5, 0.6) is 0 Å². The largest absolute Gasteiger partial charge is 0.240 e. The summed E-state index contributed by atoms with van der Waals surface area (Å²) < 4.78 is 1.86. The molecule has 2 nitrogen and oxygen atoms in total. The van der Waals surface area contributed by atoms with Crippen molar-refractivity contribution in [3.63, 3.8) is 0 Å². The van der Waals surface area contributed by atoms with E-state index in [9.17, 15) is 0 Å². The maximum absolute atomic E-state index is 5.98. The van der Waals surface area contributed by atoms with Crippen molar-refractivity contribution in [1.29, 1.82) is 0 Å². The summed E-state index contributed by atoms with van der Waals surface area (Å²) in [5, 5.41) is 5.27. The van der Waals surface area contributed by atoms with Crippen LogP contribution in [0.1, 0.15) is 0 Å². The van der Waals surface area contributed by atoms with E-state index in [2.05, 4.69) is 5.10 Å². The van der Waals surface area contributed by atoms with Crippen LogP contribution in [0, 0.1) is 0 Å². The number of para-hydroxylation sites is 1. The van der Waals surface area contributed by atoms with Gasteiger partial charge in [-0.05, 0) is 30.3 Å². The molecule has 1 heterocycles. The van der Waals surface area contributed by atoms with Crippen LogP contribution < -0.4 is 0 Å². The lowest BCUT2D eigenvalue weighted by Crippen LogP contribution is -1.93. The predicted octanol–water partition coefficient (Wildman–Crippen LogP) is 4.19. The number of aromatic nitrogens is 2. The number of hydrogen-bond donors (Lipinski definition) is 0. The van der Waals surface area contributed by atoms with E-state index in [1.165, 1.54) is 0 Å². The van der Waals surface area contributed by atoms with Gasteiger partial charge in [-0.3, -0.25) is 0 Å². The lowest BCUT2D eigenvalue weighted by molar-refractivity contribution is 0.884. The van der Waals surface area contributed by atoms with Crippen molar-refractivity contribution in [3.05, 3.63) is 71.9 Å². The maximum atomic E-state index is 5.98. The zero-order valence-electron chi connectivity index (χ0n) is 9.62. The molecule has 0 unspecified atom stereocenters. The van der Waals surface area contributed by atoms with Gasteiger partial charge in [0.2, 0.25) is 0 Å². The average molecular weight is 255 g/mol. The zero-order chi connectivity index (χ0) is 12.4. The second-order valence-electron chi connectivity index (χ2n) is 3.99. The van der Waals surface area contributed by atoms with E-state index in [1.54, 1.807) is 0 Å². The zero-order valence-corrected chi connectivity index (χ0v) is 10.4. The van der Waals surface area contributed by atoms with Gasteiger partial charge in [0.25, 0.3) is 0 Å². The van der Waals surface area contributed by atoms with Crippen molar-refractivity contribution in [2.45, 2.75) is 0 Å². The van der Waals surface area contributed by atoms with Crippen LogP contribution in [-0.4, -0.2) is 9.78 Å². The Bertz CT molecular complexity index is 659. The highest BCUT2D eigenvalue weighted by Gasteiger charge is 2.03. The number of hydrogen-bond acceptors (Lipinski definition) is 1. The minimum atomic E-state index is 0.724. The third-order valence-corrected chi connectivity index (χ3v) is 2.97. The molecule has 3 rings (SSSR count). The van der Waals surface area contributed by atoms with E-state index in [4.69, 9.17) is 11.6 Å². The van der Waals surface area contributed by atoms with Gasteiger partial charge < -0.3 is 0 Å². The van der Waals surface area contributed by atoms with E-state index in [0.29, 0.717) is 0 Å². The van der Waals surface area contributed by atoms with Crippen LogP contribution in [0.25, 0.3) is 16.9 Å². The van der Waals surface area contributed by atoms with Crippen molar-refractivity contribution in [2.75, 3.05) is 0 Å². The molecule has 0 saturated heterocycles. The fourth-order valence-corrected chi connectivity index (χ4v) is 2.04. The third kappa shape index (κ3) is 2.15. The Morgan fingerprint density at radius 1 is 0.889 bits per heavy atom. The fraction of sp³-hybridized carbons (Fsp3) is 0. The monoisotopic (exact) mass is 254 g/mol. The highest BCUT2D eigenvalue weighted by Crippen LogP contribution is 2.21. The molecule has 0 amide bonds. The summed E-state index contributed by atoms with van der Waals surface area (Å²) in [5.74, 6) is 0. The summed E-state index contributed by atoms with van der Waals surface area (Å²) in [7, 11) is 0. The number of benzene rings is 2. The summed E-state index contributed by atoms with van der Waals surface area (Å²) in [4.78, 5) is 0. The smallest absolute Gasteiger partial charge is 0.0928 e. The van der Waals surface area contributed by atoms with Gasteiger partial charge in [-0.2, -0.15) is 5.10 Å². The molecule has 0 aliphatic rings. The van der Waals surface area contributed by atoms with Crippen LogP contribution in [0.15, 0.2) is 66.9 Å². The highest BCUT2D eigenvalue weighted by atomic mass is 35.5. The van der Waals surface area contributed by atoms with Gasteiger partial charge in [0.05, 0.1) is 11.4 Å². The molecule has 3 heteroatoms. The Morgan fingerprint density at radius 3 is 2.50 bits per heavy atom. The molecule has 2 aromatic carbocycles. The Balaban J connectivity index is 2.00. The predicted molar refractivity (Wildman–Crippen MR) is 74.0 cm³/mol. The van der Waals surface area contributed by atoms with Gasteiger partial charge >= 0.3 is 0 Å². The minimum absolute atomic E-state index is 0.724. The fourth-order valence-electron chi connectivity index (χ4n) is 1.85. The van der Waals surface area contributed by atoms with Crippen molar-refractivity contribution in [2.24, 2.45) is 0 Å². The van der Waals surface area contributed by atoms with Crippen LogP contribution in [0.2, 0.25) is 5.02 Å². The topological polar surface area (TPSA) is 17.8 Å². The van der Waals surface area contributed by atoms with Crippen LogP contribution in [-0.2, 0) is 0 Å². The second-order valence-corrected chi connectivity index (χ2v) is 4.43. The van der Waals surface area contributed by atoms with Gasteiger partial charge in [0, 0.05) is 16.8 Å². The van der Waals surface area contributed by atoms with Gasteiger partial charge in [-0.25, -0.2) is 4.68 Å². The van der Waals surface area contributed by atoms with Gasteiger partial charge in [0.1, 0.15) is 0 Å². The first-order chi connectivity index (χ1) is 8.83. The standard InChI is InChI=1S/C15H11ClN2/c16-13-6-4-5-12(11-13)15-9-10-18(17-15)14-7-2-1-3-8-14/h1-11H. The molecular weight excluding hydrogens is 244 g/mol. The van der Waals surface area contributed by atoms with Crippen molar-refractivity contribution in [1.82, 2.24) is 9.78 Å². The molecule has 0 fully saturated rings. The molecule has 1 aromatic heterocycles. The lowest BCUT2D eigenvalue weighted by atomic mass is 10.2. The highest BCUT2D eigenvalue weighted by molar-refractivity contribution is 6.30. The molecular formula is C15H11ClN2. The average Bonchev–Trinajstić information content (AvgIpc) is 2.89. The first kappa shape index (κ1) is 11.1. The maximum Gasteiger partial charge on any atom is 0.0928 e. The first-order valence-electron chi connectivity index (χ1n) is 5.70. The quantitative estimate of drug-likeness (QED) is 0.670. The molecule has 0 spiro atoms. The molecule has 18 heavy (non-hydrogen) atoms. The van der Waals surface area contributed by atoms with E-state index in [0.717, 1.165) is 22.0 Å². The number of nitrogens with zero attached hydrogens (tertiary/aromatic N) is 2. The summed E-state index contributed by atoms with van der Waals surface area (Å²) in [6.07, 6.45) is 1.95. The lowest BCUT2D eigenvalue weighted by Gasteiger charge is -2.00. The van der Waals surface area contributed by atoms with Crippen molar-refractivity contribution in [3.8, 4) is 16.9 Å². The van der Waals surface area contributed by atoms with Crippen LogP contribution >= 0.6 is 11.6 Å². The Hall–Kier alpha value is -2.06. The van der Waals surface area contributed by atoms with Crippen LogP contribution in [0.4, 0.5) is 0 Å². The second kappa shape index (κ2) is 4.67. The van der Waals surface area contributed by atoms with E-state index in [1.807, 2.05) is 71.5 Å². The normalized spacial score (nSPS) is 10.5. The van der Waals surface area contributed by atoms with Crippen LogP contribution in [0.3, 0.4) is 0 Å². The molecule has 0 atom stereocenters. The first-order valence-corrected chi connectivity index (χ1v) is 6.08. The molecule has 0 N–H and O–H groups in total. The molecule has 3 aromatic rings. The molecule has 0 radical (unpaired) electrons. The Kier molecular flexibility index (Phi) is 2.87. The Labute approximate surface area is 110 Å². The summed E-state index contributed by atoms with van der Waals surface area (Å²) in [5.41, 5.74) is 2.99.